The molecule has 1 unspecified atom stereocenters. The van der Waals surface area contributed by atoms with Crippen molar-refractivity contribution in [1.29, 1.82) is 0 Å². The maximum absolute atomic E-state index is 13.9. The van der Waals surface area contributed by atoms with Crippen molar-refractivity contribution in [2.45, 2.75) is 44.2 Å². The summed E-state index contributed by atoms with van der Waals surface area (Å²) in [6.45, 7) is 3.35. The lowest BCUT2D eigenvalue weighted by Crippen LogP contribution is -2.51. The van der Waals surface area contributed by atoms with E-state index in [1.807, 2.05) is 4.90 Å². The highest BCUT2D eigenvalue weighted by Gasteiger charge is 2.36. The molecule has 1 atom stereocenters. The number of nitrogens with one attached hydrogen (secondary N) is 1. The topological polar surface area (TPSA) is 61.9 Å². The Bertz CT molecular complexity index is 711. The SMILES string of the molecule is O=C(c1ccccc1F)N1CCC(NC(=O)N(CC2CCOC2)C2CC2)CC1. The second-order valence-corrected chi connectivity index (χ2v) is 8.11. The third kappa shape index (κ3) is 4.46. The van der Waals surface area contributed by atoms with E-state index in [2.05, 4.69) is 5.32 Å². The largest absolute Gasteiger partial charge is 0.381 e. The zero-order valence-corrected chi connectivity index (χ0v) is 16.1. The van der Waals surface area contributed by atoms with Gasteiger partial charge in [-0.1, -0.05) is 12.1 Å². The molecule has 4 rings (SSSR count). The highest BCUT2D eigenvalue weighted by atomic mass is 19.1. The van der Waals surface area contributed by atoms with E-state index in [1.165, 1.54) is 12.1 Å². The van der Waals surface area contributed by atoms with Crippen molar-refractivity contribution in [3.63, 3.8) is 0 Å². The molecule has 0 radical (unpaired) electrons. The Hall–Kier alpha value is -2.15. The van der Waals surface area contributed by atoms with Gasteiger partial charge in [0.1, 0.15) is 5.82 Å². The molecule has 0 spiro atoms. The Kier molecular flexibility index (Phi) is 5.80. The summed E-state index contributed by atoms with van der Waals surface area (Å²) in [5.41, 5.74) is 0.115. The van der Waals surface area contributed by atoms with Crippen molar-refractivity contribution in [2.24, 2.45) is 5.92 Å². The molecule has 152 valence electrons. The summed E-state index contributed by atoms with van der Waals surface area (Å²) in [5.74, 6) is -0.325. The first-order valence-corrected chi connectivity index (χ1v) is 10.3. The molecule has 2 heterocycles. The monoisotopic (exact) mass is 389 g/mol. The Morgan fingerprint density at radius 1 is 1.14 bits per heavy atom. The van der Waals surface area contributed by atoms with Crippen molar-refractivity contribution in [1.82, 2.24) is 15.1 Å². The Morgan fingerprint density at radius 3 is 2.54 bits per heavy atom. The van der Waals surface area contributed by atoms with Crippen LogP contribution in [0.15, 0.2) is 24.3 Å². The number of rotatable bonds is 5. The van der Waals surface area contributed by atoms with E-state index in [-0.39, 0.29) is 23.5 Å². The van der Waals surface area contributed by atoms with Crippen LogP contribution in [0.5, 0.6) is 0 Å². The highest BCUT2D eigenvalue weighted by Crippen LogP contribution is 2.29. The van der Waals surface area contributed by atoms with Gasteiger partial charge in [-0.05, 0) is 44.2 Å². The van der Waals surface area contributed by atoms with Gasteiger partial charge >= 0.3 is 6.03 Å². The summed E-state index contributed by atoms with van der Waals surface area (Å²) in [7, 11) is 0. The van der Waals surface area contributed by atoms with E-state index >= 15 is 0 Å². The van der Waals surface area contributed by atoms with E-state index < -0.39 is 5.82 Å². The van der Waals surface area contributed by atoms with Crippen molar-refractivity contribution in [2.75, 3.05) is 32.8 Å². The van der Waals surface area contributed by atoms with Crippen LogP contribution in [0.3, 0.4) is 0 Å². The van der Waals surface area contributed by atoms with Crippen molar-refractivity contribution >= 4 is 11.9 Å². The smallest absolute Gasteiger partial charge is 0.317 e. The number of carbonyl (C=O) groups excluding carboxylic acids is 2. The Morgan fingerprint density at radius 2 is 1.89 bits per heavy atom. The van der Waals surface area contributed by atoms with E-state index in [4.69, 9.17) is 4.74 Å². The van der Waals surface area contributed by atoms with Gasteiger partial charge in [0.15, 0.2) is 0 Å². The summed E-state index contributed by atoms with van der Waals surface area (Å²) < 4.78 is 19.3. The first-order valence-electron chi connectivity index (χ1n) is 10.3. The second kappa shape index (κ2) is 8.47. The van der Waals surface area contributed by atoms with Crippen LogP contribution in [0.4, 0.5) is 9.18 Å². The lowest BCUT2D eigenvalue weighted by molar-refractivity contribution is 0.0701. The molecule has 6 nitrogen and oxygen atoms in total. The van der Waals surface area contributed by atoms with Gasteiger partial charge in [-0.15, -0.1) is 0 Å². The van der Waals surface area contributed by atoms with Crippen LogP contribution in [0, 0.1) is 11.7 Å². The van der Waals surface area contributed by atoms with Crippen LogP contribution in [0.2, 0.25) is 0 Å². The van der Waals surface area contributed by atoms with E-state index in [1.54, 1.807) is 17.0 Å². The lowest BCUT2D eigenvalue weighted by atomic mass is 10.0. The average Bonchev–Trinajstić information content (AvgIpc) is 3.41. The van der Waals surface area contributed by atoms with E-state index in [9.17, 15) is 14.0 Å². The van der Waals surface area contributed by atoms with Crippen LogP contribution in [0.25, 0.3) is 0 Å². The Labute approximate surface area is 165 Å². The van der Waals surface area contributed by atoms with Crippen LogP contribution >= 0.6 is 0 Å². The summed E-state index contributed by atoms with van der Waals surface area (Å²) in [4.78, 5) is 29.0. The molecule has 3 amide bonds. The summed E-state index contributed by atoms with van der Waals surface area (Å²) in [6, 6.07) is 6.51. The van der Waals surface area contributed by atoms with Crippen LogP contribution in [-0.2, 0) is 4.74 Å². The molecule has 3 aliphatic rings. The molecular weight excluding hydrogens is 361 g/mol. The fourth-order valence-electron chi connectivity index (χ4n) is 4.08. The molecule has 1 aromatic rings. The molecular formula is C21H28FN3O3. The summed E-state index contributed by atoms with van der Waals surface area (Å²) >= 11 is 0. The zero-order valence-electron chi connectivity index (χ0n) is 16.1. The molecule has 7 heteroatoms. The number of amides is 3. The summed E-state index contributed by atoms with van der Waals surface area (Å²) in [5, 5.41) is 3.16. The maximum Gasteiger partial charge on any atom is 0.317 e. The molecule has 0 aromatic heterocycles. The molecule has 1 aliphatic carbocycles. The third-order valence-electron chi connectivity index (χ3n) is 5.94. The predicted octanol–water partition coefficient (Wildman–Crippen LogP) is 2.64. The van der Waals surface area contributed by atoms with Gasteiger partial charge in [0.25, 0.3) is 5.91 Å². The molecule has 1 N–H and O–H groups in total. The molecule has 3 fully saturated rings. The van der Waals surface area contributed by atoms with Crippen LogP contribution in [-0.4, -0.2) is 66.7 Å². The fourth-order valence-corrected chi connectivity index (χ4v) is 4.08. The van der Waals surface area contributed by atoms with E-state index in [0.29, 0.717) is 37.9 Å². The minimum absolute atomic E-state index is 0.00767. The van der Waals surface area contributed by atoms with Gasteiger partial charge in [-0.25, -0.2) is 9.18 Å². The average molecular weight is 389 g/mol. The fraction of sp³-hybridized carbons (Fsp3) is 0.619. The minimum Gasteiger partial charge on any atom is -0.381 e. The van der Waals surface area contributed by atoms with Gasteiger partial charge in [-0.3, -0.25) is 4.79 Å². The number of likely N-dealkylation sites (tertiary alicyclic amines) is 1. The predicted molar refractivity (Wildman–Crippen MR) is 103 cm³/mol. The van der Waals surface area contributed by atoms with Crippen molar-refractivity contribution in [3.05, 3.63) is 35.6 Å². The van der Waals surface area contributed by atoms with Gasteiger partial charge in [-0.2, -0.15) is 0 Å². The molecule has 0 bridgehead atoms. The van der Waals surface area contributed by atoms with Gasteiger partial charge in [0, 0.05) is 44.2 Å². The zero-order chi connectivity index (χ0) is 19.5. The third-order valence-corrected chi connectivity index (χ3v) is 5.94. The van der Waals surface area contributed by atoms with Gasteiger partial charge < -0.3 is 19.9 Å². The number of hydrogen-bond donors (Lipinski definition) is 1. The first-order chi connectivity index (χ1) is 13.6. The van der Waals surface area contributed by atoms with Crippen molar-refractivity contribution in [3.8, 4) is 0 Å². The minimum atomic E-state index is -0.487. The quantitative estimate of drug-likeness (QED) is 0.842. The number of carbonyl (C=O) groups is 2. The molecule has 2 saturated heterocycles. The number of hydrogen-bond acceptors (Lipinski definition) is 3. The maximum atomic E-state index is 13.9. The first kappa shape index (κ1) is 19.2. The number of nitrogens with zero attached hydrogens (tertiary/aromatic N) is 2. The number of ether oxygens (including phenoxy) is 1. The van der Waals surface area contributed by atoms with Crippen LogP contribution in [0.1, 0.15) is 42.5 Å². The highest BCUT2D eigenvalue weighted by molar-refractivity contribution is 5.94. The standard InChI is InChI=1S/C21H28FN3O3/c22-19-4-2-1-3-18(19)20(26)24-10-7-16(8-11-24)23-21(27)25(17-5-6-17)13-15-9-12-28-14-15/h1-4,15-17H,5-14H2,(H,23,27). The number of piperidine rings is 1. The molecule has 2 aliphatic heterocycles. The normalized spacial score (nSPS) is 22.9. The lowest BCUT2D eigenvalue weighted by Gasteiger charge is -2.34. The molecule has 28 heavy (non-hydrogen) atoms. The Balaban J connectivity index is 1.28. The number of benzene rings is 1. The van der Waals surface area contributed by atoms with Gasteiger partial charge in [0.2, 0.25) is 0 Å². The molecule has 1 saturated carbocycles. The molecule has 1 aromatic carbocycles. The van der Waals surface area contributed by atoms with E-state index in [0.717, 1.165) is 39.0 Å². The van der Waals surface area contributed by atoms with Crippen molar-refractivity contribution < 1.29 is 18.7 Å². The number of urea groups is 1. The van der Waals surface area contributed by atoms with Crippen LogP contribution < -0.4 is 5.32 Å². The second-order valence-electron chi connectivity index (χ2n) is 8.11. The van der Waals surface area contributed by atoms with Gasteiger partial charge in [0.05, 0.1) is 12.2 Å². The number of halogens is 1. The summed E-state index contributed by atoms with van der Waals surface area (Å²) in [6.07, 6.45) is 4.56.